The lowest BCUT2D eigenvalue weighted by atomic mass is 10.1. The van der Waals surface area contributed by atoms with E-state index in [1.807, 2.05) is 6.07 Å². The molecule has 27 heavy (non-hydrogen) atoms. The molecule has 1 aliphatic rings. The van der Waals surface area contributed by atoms with Crippen LogP contribution in [0.5, 0.6) is 0 Å². The third-order valence-corrected chi connectivity index (χ3v) is 4.76. The molecule has 0 spiro atoms. The van der Waals surface area contributed by atoms with Crippen molar-refractivity contribution < 1.29 is 18.7 Å². The number of nitrogens with zero attached hydrogens (tertiary/aromatic N) is 2. The molecule has 0 radical (unpaired) electrons. The molecule has 0 aromatic heterocycles. The Labute approximate surface area is 158 Å². The Morgan fingerprint density at radius 3 is 2.56 bits per heavy atom. The second-order valence-electron chi connectivity index (χ2n) is 6.59. The summed E-state index contributed by atoms with van der Waals surface area (Å²) in [5, 5.41) is 0. The van der Waals surface area contributed by atoms with Gasteiger partial charge in [0.15, 0.2) is 0 Å². The average Bonchev–Trinajstić information content (AvgIpc) is 2.94. The molecule has 1 heterocycles. The van der Waals surface area contributed by atoms with Crippen LogP contribution in [0, 0.1) is 5.82 Å². The second kappa shape index (κ2) is 8.77. The Balaban J connectivity index is 1.65. The maximum Gasteiger partial charge on any atom is 0.337 e. The number of hydrogen-bond acceptors (Lipinski definition) is 4. The molecule has 6 heteroatoms. The van der Waals surface area contributed by atoms with Gasteiger partial charge in [-0.2, -0.15) is 0 Å². The molecule has 5 nitrogen and oxygen atoms in total. The minimum atomic E-state index is -0.462. The van der Waals surface area contributed by atoms with Gasteiger partial charge in [-0.1, -0.05) is 24.3 Å². The van der Waals surface area contributed by atoms with Crippen LogP contribution in [-0.2, 0) is 11.3 Å². The number of amides is 1. The average molecular weight is 370 g/mol. The summed E-state index contributed by atoms with van der Waals surface area (Å²) in [5.74, 6) is -0.764. The first-order chi connectivity index (χ1) is 13.1. The molecule has 0 aliphatic carbocycles. The third kappa shape index (κ3) is 4.71. The molecule has 142 valence electrons. The number of rotatable bonds is 4. The molecule has 2 aromatic rings. The van der Waals surface area contributed by atoms with Gasteiger partial charge in [-0.15, -0.1) is 0 Å². The van der Waals surface area contributed by atoms with E-state index in [9.17, 15) is 14.0 Å². The summed E-state index contributed by atoms with van der Waals surface area (Å²) in [6.07, 6.45) is 0.816. The molecule has 0 saturated carbocycles. The van der Waals surface area contributed by atoms with Gasteiger partial charge < -0.3 is 9.64 Å². The normalized spacial score (nSPS) is 15.3. The Hall–Kier alpha value is -2.73. The zero-order valence-corrected chi connectivity index (χ0v) is 15.4. The van der Waals surface area contributed by atoms with Crippen LogP contribution in [0.4, 0.5) is 4.39 Å². The second-order valence-corrected chi connectivity index (χ2v) is 6.59. The number of ether oxygens (including phenoxy) is 1. The molecule has 1 saturated heterocycles. The smallest absolute Gasteiger partial charge is 0.337 e. The molecule has 1 fully saturated rings. The molecule has 0 bridgehead atoms. The van der Waals surface area contributed by atoms with Crippen LogP contribution in [0.25, 0.3) is 0 Å². The van der Waals surface area contributed by atoms with Crippen molar-refractivity contribution in [1.29, 1.82) is 0 Å². The fraction of sp³-hybridized carbons (Fsp3) is 0.333. The fourth-order valence-corrected chi connectivity index (χ4v) is 3.28. The molecule has 2 aromatic carbocycles. The van der Waals surface area contributed by atoms with Crippen LogP contribution >= 0.6 is 0 Å². The number of halogens is 1. The van der Waals surface area contributed by atoms with E-state index >= 15 is 0 Å². The van der Waals surface area contributed by atoms with Gasteiger partial charge in [0, 0.05) is 43.9 Å². The fourth-order valence-electron chi connectivity index (χ4n) is 3.28. The molecule has 1 amide bonds. The van der Waals surface area contributed by atoms with E-state index in [2.05, 4.69) is 4.90 Å². The summed E-state index contributed by atoms with van der Waals surface area (Å²) in [5.41, 5.74) is 1.50. The third-order valence-electron chi connectivity index (χ3n) is 4.76. The lowest BCUT2D eigenvalue weighted by Crippen LogP contribution is -2.35. The van der Waals surface area contributed by atoms with Gasteiger partial charge in [0.2, 0.25) is 0 Å². The highest BCUT2D eigenvalue weighted by atomic mass is 19.1. The van der Waals surface area contributed by atoms with Gasteiger partial charge >= 0.3 is 5.97 Å². The summed E-state index contributed by atoms with van der Waals surface area (Å²) in [6, 6.07) is 13.4. The van der Waals surface area contributed by atoms with Crippen LogP contribution in [0.1, 0.15) is 32.7 Å². The van der Waals surface area contributed by atoms with E-state index in [1.165, 1.54) is 13.2 Å². The van der Waals surface area contributed by atoms with E-state index in [4.69, 9.17) is 4.74 Å². The Bertz CT molecular complexity index is 825. The first-order valence-corrected chi connectivity index (χ1v) is 9.02. The minimum Gasteiger partial charge on any atom is -0.465 e. The highest BCUT2D eigenvalue weighted by Gasteiger charge is 2.21. The van der Waals surface area contributed by atoms with Crippen molar-refractivity contribution in [1.82, 2.24) is 9.80 Å². The summed E-state index contributed by atoms with van der Waals surface area (Å²) >= 11 is 0. The summed E-state index contributed by atoms with van der Waals surface area (Å²) in [7, 11) is 1.32. The van der Waals surface area contributed by atoms with Crippen molar-refractivity contribution in [2.75, 3.05) is 33.3 Å². The number of carbonyl (C=O) groups excluding carboxylic acids is 2. The lowest BCUT2D eigenvalue weighted by molar-refractivity contribution is 0.0600. The van der Waals surface area contributed by atoms with E-state index in [1.54, 1.807) is 41.3 Å². The van der Waals surface area contributed by atoms with Gasteiger partial charge in [0.05, 0.1) is 12.7 Å². The Kier molecular flexibility index (Phi) is 6.19. The highest BCUT2D eigenvalue weighted by molar-refractivity contribution is 5.97. The molecular weight excluding hydrogens is 347 g/mol. The highest BCUT2D eigenvalue weighted by Crippen LogP contribution is 2.15. The van der Waals surface area contributed by atoms with Gasteiger partial charge in [0.1, 0.15) is 5.82 Å². The summed E-state index contributed by atoms with van der Waals surface area (Å²) in [4.78, 5) is 28.5. The summed E-state index contributed by atoms with van der Waals surface area (Å²) in [6.45, 7) is 3.22. The van der Waals surface area contributed by atoms with Crippen molar-refractivity contribution >= 4 is 11.9 Å². The minimum absolute atomic E-state index is 0.103. The maximum absolute atomic E-state index is 13.9. The predicted molar refractivity (Wildman–Crippen MR) is 100.0 cm³/mol. The van der Waals surface area contributed by atoms with E-state index in [-0.39, 0.29) is 11.7 Å². The van der Waals surface area contributed by atoms with E-state index in [0.717, 1.165) is 13.0 Å². The quantitative estimate of drug-likeness (QED) is 0.777. The Morgan fingerprint density at radius 2 is 1.78 bits per heavy atom. The number of carbonyl (C=O) groups is 2. The SMILES string of the molecule is COC(=O)c1cccc(C(=O)N2CCCN(Cc3ccccc3F)CC2)c1. The number of esters is 1. The topological polar surface area (TPSA) is 49.9 Å². The number of benzene rings is 2. The van der Waals surface area contributed by atoms with Crippen molar-refractivity contribution in [2.24, 2.45) is 0 Å². The Morgan fingerprint density at radius 1 is 1.00 bits per heavy atom. The molecule has 0 atom stereocenters. The van der Waals surface area contributed by atoms with Gasteiger partial charge in [-0.05, 0) is 30.7 Å². The van der Waals surface area contributed by atoms with E-state index in [0.29, 0.717) is 42.9 Å². The lowest BCUT2D eigenvalue weighted by Gasteiger charge is -2.22. The monoisotopic (exact) mass is 370 g/mol. The molecule has 0 N–H and O–H groups in total. The van der Waals surface area contributed by atoms with Crippen LogP contribution in [0.2, 0.25) is 0 Å². The molecule has 1 aliphatic heterocycles. The standard InChI is InChI=1S/C21H23FN2O3/c1-27-21(26)17-8-4-7-16(14-17)20(25)24-11-5-10-23(12-13-24)15-18-6-2-3-9-19(18)22/h2-4,6-9,14H,5,10-13,15H2,1H3. The van der Waals surface area contributed by atoms with Crippen LogP contribution < -0.4 is 0 Å². The van der Waals surface area contributed by atoms with Crippen LogP contribution in [0.15, 0.2) is 48.5 Å². The predicted octanol–water partition coefficient (Wildman–Crippen LogP) is 2.96. The van der Waals surface area contributed by atoms with Crippen molar-refractivity contribution in [2.45, 2.75) is 13.0 Å². The zero-order valence-electron chi connectivity index (χ0n) is 15.4. The summed E-state index contributed by atoms with van der Waals surface area (Å²) < 4.78 is 18.6. The first-order valence-electron chi connectivity index (χ1n) is 9.02. The molecular formula is C21H23FN2O3. The molecule has 3 rings (SSSR count). The van der Waals surface area contributed by atoms with Crippen LogP contribution in [0.3, 0.4) is 0 Å². The van der Waals surface area contributed by atoms with Gasteiger partial charge in [0.25, 0.3) is 5.91 Å². The van der Waals surface area contributed by atoms with Crippen molar-refractivity contribution in [3.63, 3.8) is 0 Å². The van der Waals surface area contributed by atoms with Crippen LogP contribution in [-0.4, -0.2) is 55.0 Å². The molecule has 0 unspecified atom stereocenters. The van der Waals surface area contributed by atoms with Gasteiger partial charge in [-0.3, -0.25) is 9.69 Å². The zero-order chi connectivity index (χ0) is 19.2. The van der Waals surface area contributed by atoms with E-state index < -0.39 is 5.97 Å². The maximum atomic E-state index is 13.9. The van der Waals surface area contributed by atoms with Crippen molar-refractivity contribution in [3.05, 3.63) is 71.0 Å². The van der Waals surface area contributed by atoms with Crippen molar-refractivity contribution in [3.8, 4) is 0 Å². The van der Waals surface area contributed by atoms with Gasteiger partial charge in [-0.25, -0.2) is 9.18 Å². The largest absolute Gasteiger partial charge is 0.465 e. The first kappa shape index (κ1) is 19.0. The number of methoxy groups -OCH3 is 1. The number of hydrogen-bond donors (Lipinski definition) is 0.